The van der Waals surface area contributed by atoms with Crippen molar-refractivity contribution >= 4 is 17.6 Å². The van der Waals surface area contributed by atoms with Crippen LogP contribution in [-0.4, -0.2) is 11.1 Å². The van der Waals surface area contributed by atoms with Crippen LogP contribution in [0.5, 0.6) is 11.5 Å². The number of aromatic carboxylic acids is 1. The van der Waals surface area contributed by atoms with Crippen LogP contribution in [0.15, 0.2) is 42.5 Å². The number of benzene rings is 2. The van der Waals surface area contributed by atoms with Gasteiger partial charge in [-0.05, 0) is 54.4 Å². The van der Waals surface area contributed by atoms with E-state index in [0.717, 1.165) is 17.0 Å². The van der Waals surface area contributed by atoms with Crippen molar-refractivity contribution in [3.8, 4) is 11.5 Å². The lowest BCUT2D eigenvalue weighted by atomic mass is 10.1. The van der Waals surface area contributed by atoms with E-state index in [-0.39, 0.29) is 5.56 Å². The molecule has 2 rings (SSSR count). The number of carbonyl (C=O) groups is 1. The Labute approximate surface area is 116 Å². The molecule has 0 fully saturated rings. The normalized spacial score (nSPS) is 10.2. The molecule has 98 valence electrons. The standard InChI is InChI=1S/C15H13ClO3/c1-2-10-9-13(7-8-14(10)16)19-12-5-3-11(4-6-12)15(17)18/h3-9H,2H2,1H3,(H,17,18). The monoisotopic (exact) mass is 276 g/mol. The van der Waals surface area contributed by atoms with Crippen LogP contribution in [0, 0.1) is 0 Å². The number of ether oxygens (including phenoxy) is 1. The molecule has 3 nitrogen and oxygen atoms in total. The number of rotatable bonds is 4. The van der Waals surface area contributed by atoms with E-state index in [1.54, 1.807) is 24.3 Å². The van der Waals surface area contributed by atoms with Crippen LogP contribution >= 0.6 is 11.6 Å². The van der Waals surface area contributed by atoms with Crippen molar-refractivity contribution in [3.05, 3.63) is 58.6 Å². The number of carboxylic acid groups (broad SMARTS) is 1. The minimum absolute atomic E-state index is 0.234. The second-order valence-corrected chi connectivity index (χ2v) is 4.45. The highest BCUT2D eigenvalue weighted by atomic mass is 35.5. The first-order valence-corrected chi connectivity index (χ1v) is 6.27. The molecule has 0 amide bonds. The van der Waals surface area contributed by atoms with E-state index in [2.05, 4.69) is 0 Å². The van der Waals surface area contributed by atoms with E-state index >= 15 is 0 Å². The molecule has 0 radical (unpaired) electrons. The van der Waals surface area contributed by atoms with E-state index in [1.165, 1.54) is 12.1 Å². The lowest BCUT2D eigenvalue weighted by molar-refractivity contribution is 0.0697. The van der Waals surface area contributed by atoms with Crippen molar-refractivity contribution in [2.75, 3.05) is 0 Å². The highest BCUT2D eigenvalue weighted by Crippen LogP contribution is 2.26. The smallest absolute Gasteiger partial charge is 0.335 e. The number of carboxylic acids is 1. The van der Waals surface area contributed by atoms with E-state index < -0.39 is 5.97 Å². The summed E-state index contributed by atoms with van der Waals surface area (Å²) in [6.45, 7) is 2.02. The minimum Gasteiger partial charge on any atom is -0.478 e. The van der Waals surface area contributed by atoms with Gasteiger partial charge in [0.15, 0.2) is 0 Å². The molecule has 2 aromatic carbocycles. The maximum absolute atomic E-state index is 10.7. The molecule has 0 unspecified atom stereocenters. The minimum atomic E-state index is -0.952. The van der Waals surface area contributed by atoms with Gasteiger partial charge in [-0.3, -0.25) is 0 Å². The summed E-state index contributed by atoms with van der Waals surface area (Å²) < 4.78 is 5.66. The molecule has 0 saturated carbocycles. The SMILES string of the molecule is CCc1cc(Oc2ccc(C(=O)O)cc2)ccc1Cl. The van der Waals surface area contributed by atoms with Crippen molar-refractivity contribution in [1.82, 2.24) is 0 Å². The Morgan fingerprint density at radius 2 is 1.79 bits per heavy atom. The van der Waals surface area contributed by atoms with Crippen molar-refractivity contribution in [2.45, 2.75) is 13.3 Å². The predicted molar refractivity (Wildman–Crippen MR) is 74.3 cm³/mol. The fourth-order valence-electron chi connectivity index (χ4n) is 1.69. The van der Waals surface area contributed by atoms with Crippen LogP contribution in [0.1, 0.15) is 22.8 Å². The maximum Gasteiger partial charge on any atom is 0.335 e. The molecule has 0 heterocycles. The average molecular weight is 277 g/mol. The van der Waals surface area contributed by atoms with Crippen LogP contribution < -0.4 is 4.74 Å². The van der Waals surface area contributed by atoms with Crippen LogP contribution in [0.4, 0.5) is 0 Å². The zero-order chi connectivity index (χ0) is 13.8. The number of aryl methyl sites for hydroxylation is 1. The third-order valence-corrected chi connectivity index (χ3v) is 3.10. The van der Waals surface area contributed by atoms with Crippen molar-refractivity contribution < 1.29 is 14.6 Å². The third kappa shape index (κ3) is 3.26. The third-order valence-electron chi connectivity index (χ3n) is 2.74. The Balaban J connectivity index is 2.19. The molecule has 0 saturated heterocycles. The van der Waals surface area contributed by atoms with E-state index in [9.17, 15) is 4.79 Å². The van der Waals surface area contributed by atoms with Gasteiger partial charge in [-0.2, -0.15) is 0 Å². The Morgan fingerprint density at radius 1 is 1.16 bits per heavy atom. The molecule has 0 aliphatic carbocycles. The average Bonchev–Trinajstić information content (AvgIpc) is 2.41. The van der Waals surface area contributed by atoms with E-state index in [1.807, 2.05) is 13.0 Å². The first-order chi connectivity index (χ1) is 9.10. The zero-order valence-electron chi connectivity index (χ0n) is 10.4. The van der Waals surface area contributed by atoms with Gasteiger partial charge < -0.3 is 9.84 Å². The van der Waals surface area contributed by atoms with Crippen molar-refractivity contribution in [3.63, 3.8) is 0 Å². The van der Waals surface area contributed by atoms with Crippen molar-refractivity contribution in [2.24, 2.45) is 0 Å². The number of halogens is 1. The number of hydrogen-bond donors (Lipinski definition) is 1. The lowest BCUT2D eigenvalue weighted by Gasteiger charge is -2.08. The Kier molecular flexibility index (Phi) is 4.07. The highest BCUT2D eigenvalue weighted by molar-refractivity contribution is 6.31. The lowest BCUT2D eigenvalue weighted by Crippen LogP contribution is -1.95. The molecule has 19 heavy (non-hydrogen) atoms. The number of hydrogen-bond acceptors (Lipinski definition) is 2. The predicted octanol–water partition coefficient (Wildman–Crippen LogP) is 4.39. The van der Waals surface area contributed by atoms with Gasteiger partial charge in [-0.25, -0.2) is 4.79 Å². The molecule has 0 aliphatic rings. The first-order valence-electron chi connectivity index (χ1n) is 5.90. The Hall–Kier alpha value is -2.00. The van der Waals surface area contributed by atoms with Crippen LogP contribution in [0.2, 0.25) is 5.02 Å². The van der Waals surface area contributed by atoms with Crippen LogP contribution in [0.3, 0.4) is 0 Å². The molecular formula is C15H13ClO3. The topological polar surface area (TPSA) is 46.5 Å². The fraction of sp³-hybridized carbons (Fsp3) is 0.133. The van der Waals surface area contributed by atoms with Gasteiger partial charge in [-0.1, -0.05) is 18.5 Å². The highest BCUT2D eigenvalue weighted by Gasteiger charge is 2.05. The maximum atomic E-state index is 10.7. The Bertz CT molecular complexity index is 591. The summed E-state index contributed by atoms with van der Waals surface area (Å²) >= 11 is 6.03. The van der Waals surface area contributed by atoms with Gasteiger partial charge in [0.05, 0.1) is 5.56 Å². The van der Waals surface area contributed by atoms with Gasteiger partial charge in [-0.15, -0.1) is 0 Å². The van der Waals surface area contributed by atoms with Gasteiger partial charge >= 0.3 is 5.97 Å². The molecule has 1 N–H and O–H groups in total. The quantitative estimate of drug-likeness (QED) is 0.901. The molecular weight excluding hydrogens is 264 g/mol. The fourth-order valence-corrected chi connectivity index (χ4v) is 1.94. The van der Waals surface area contributed by atoms with E-state index in [4.69, 9.17) is 21.4 Å². The molecule has 2 aromatic rings. The molecule has 0 spiro atoms. The molecule has 0 bridgehead atoms. The molecule has 4 heteroatoms. The van der Waals surface area contributed by atoms with E-state index in [0.29, 0.717) is 11.5 Å². The van der Waals surface area contributed by atoms with Crippen molar-refractivity contribution in [1.29, 1.82) is 0 Å². The summed E-state index contributed by atoms with van der Waals surface area (Å²) in [5, 5.41) is 9.53. The van der Waals surface area contributed by atoms with Gasteiger partial charge in [0.1, 0.15) is 11.5 Å². The summed E-state index contributed by atoms with van der Waals surface area (Å²) in [7, 11) is 0. The zero-order valence-corrected chi connectivity index (χ0v) is 11.1. The van der Waals surface area contributed by atoms with Gasteiger partial charge in [0.25, 0.3) is 0 Å². The van der Waals surface area contributed by atoms with Crippen LogP contribution in [0.25, 0.3) is 0 Å². The summed E-state index contributed by atoms with van der Waals surface area (Å²) in [6, 6.07) is 11.7. The molecule has 0 atom stereocenters. The molecule has 0 aliphatic heterocycles. The summed E-state index contributed by atoms with van der Waals surface area (Å²) in [4.78, 5) is 10.7. The first kappa shape index (κ1) is 13.4. The second kappa shape index (κ2) is 5.76. The van der Waals surface area contributed by atoms with Crippen LogP contribution in [-0.2, 0) is 6.42 Å². The summed E-state index contributed by atoms with van der Waals surface area (Å²) in [6.07, 6.45) is 0.827. The largest absolute Gasteiger partial charge is 0.478 e. The Morgan fingerprint density at radius 3 is 2.37 bits per heavy atom. The summed E-state index contributed by atoms with van der Waals surface area (Å²) in [5.74, 6) is 0.324. The summed E-state index contributed by atoms with van der Waals surface area (Å²) in [5.41, 5.74) is 1.25. The van der Waals surface area contributed by atoms with Gasteiger partial charge in [0, 0.05) is 5.02 Å². The van der Waals surface area contributed by atoms with Gasteiger partial charge in [0.2, 0.25) is 0 Å². The molecule has 0 aromatic heterocycles. The second-order valence-electron chi connectivity index (χ2n) is 4.04.